The second-order valence-electron chi connectivity index (χ2n) is 10.7. The summed E-state index contributed by atoms with van der Waals surface area (Å²) in [4.78, 5) is 0. The third kappa shape index (κ3) is 18.8. The van der Waals surface area contributed by atoms with E-state index in [4.69, 9.17) is 24.1 Å². The van der Waals surface area contributed by atoms with Gasteiger partial charge < -0.3 is 24.1 Å². The van der Waals surface area contributed by atoms with Crippen LogP contribution in [0, 0.1) is 5.92 Å². The molecule has 37 heavy (non-hydrogen) atoms. The Hall–Kier alpha value is -0.980. The van der Waals surface area contributed by atoms with Crippen molar-refractivity contribution >= 4 is 0 Å². The van der Waals surface area contributed by atoms with E-state index in [0.717, 1.165) is 24.5 Å². The third-order valence-corrected chi connectivity index (χ3v) is 7.42. The van der Waals surface area contributed by atoms with Gasteiger partial charge in [0.05, 0.1) is 46.2 Å². The number of benzene rings is 1. The van der Waals surface area contributed by atoms with E-state index >= 15 is 0 Å². The lowest BCUT2D eigenvalue weighted by molar-refractivity contribution is -0.0741. The van der Waals surface area contributed by atoms with Crippen molar-refractivity contribution < 1.29 is 24.1 Å². The summed E-state index contributed by atoms with van der Waals surface area (Å²) >= 11 is 0. The number of aliphatic hydroxyl groups excluding tert-OH is 1. The summed E-state index contributed by atoms with van der Waals surface area (Å²) in [7, 11) is 0. The van der Waals surface area contributed by atoms with Crippen LogP contribution in [0.3, 0.4) is 0 Å². The molecule has 0 saturated heterocycles. The van der Waals surface area contributed by atoms with Gasteiger partial charge in [0.2, 0.25) is 0 Å². The number of ether oxygens (including phenoxy) is 4. The number of hydrogen-bond acceptors (Lipinski definition) is 5. The van der Waals surface area contributed by atoms with Gasteiger partial charge in [0.15, 0.2) is 0 Å². The van der Waals surface area contributed by atoms with E-state index in [-0.39, 0.29) is 12.7 Å². The van der Waals surface area contributed by atoms with E-state index in [1.165, 1.54) is 96.3 Å². The quantitative estimate of drug-likeness (QED) is 0.135. The Morgan fingerprint density at radius 1 is 0.649 bits per heavy atom. The first kappa shape index (κ1) is 32.2. The molecule has 1 aromatic rings. The molecule has 0 bridgehead atoms. The highest BCUT2D eigenvalue weighted by Crippen LogP contribution is 2.28. The summed E-state index contributed by atoms with van der Waals surface area (Å²) in [6, 6.07) is 10.2. The minimum atomic E-state index is -0.0966. The van der Waals surface area contributed by atoms with Gasteiger partial charge in [0, 0.05) is 6.61 Å². The number of unbranched alkanes of at least 4 members (excludes halogenated alkanes) is 9. The molecule has 1 aromatic carbocycles. The lowest BCUT2D eigenvalue weighted by Gasteiger charge is -2.21. The van der Waals surface area contributed by atoms with Gasteiger partial charge in [0.25, 0.3) is 0 Å². The maximum absolute atomic E-state index is 8.77. The fourth-order valence-electron chi connectivity index (χ4n) is 5.17. The largest absolute Gasteiger partial charge is 0.394 e. The Balaban J connectivity index is 1.40. The van der Waals surface area contributed by atoms with Gasteiger partial charge in [-0.15, -0.1) is 0 Å². The first-order valence-electron chi connectivity index (χ1n) is 15.4. The summed E-state index contributed by atoms with van der Waals surface area (Å²) in [6.07, 6.45) is 22.5. The molecule has 1 unspecified atom stereocenters. The van der Waals surface area contributed by atoms with E-state index in [2.05, 4.69) is 12.1 Å². The van der Waals surface area contributed by atoms with Crippen molar-refractivity contribution in [1.29, 1.82) is 0 Å². The minimum Gasteiger partial charge on any atom is -0.394 e. The van der Waals surface area contributed by atoms with Crippen LogP contribution in [0.15, 0.2) is 30.3 Å². The zero-order valence-corrected chi connectivity index (χ0v) is 23.6. The normalized spacial score (nSPS) is 15.3. The van der Waals surface area contributed by atoms with Crippen LogP contribution in [0.5, 0.6) is 0 Å². The molecule has 0 radical (unpaired) electrons. The molecule has 0 spiro atoms. The molecule has 5 nitrogen and oxygen atoms in total. The van der Waals surface area contributed by atoms with Crippen LogP contribution >= 0.6 is 0 Å². The summed E-state index contributed by atoms with van der Waals surface area (Å²) in [5.41, 5.74) is 1.15. The van der Waals surface area contributed by atoms with Crippen molar-refractivity contribution in [2.24, 2.45) is 5.92 Å². The first-order chi connectivity index (χ1) is 18.4. The summed E-state index contributed by atoms with van der Waals surface area (Å²) in [6.45, 7) is 3.73. The lowest BCUT2D eigenvalue weighted by atomic mass is 9.85. The Morgan fingerprint density at radius 2 is 1.24 bits per heavy atom. The van der Waals surface area contributed by atoms with Crippen molar-refractivity contribution in [3.8, 4) is 0 Å². The molecule has 1 N–H and O–H groups in total. The Bertz CT molecular complexity index is 590. The van der Waals surface area contributed by atoms with Crippen LogP contribution in [0.1, 0.15) is 108 Å². The zero-order chi connectivity index (χ0) is 26.1. The molecule has 1 atom stereocenters. The molecule has 1 aliphatic carbocycles. The molecule has 2 rings (SSSR count). The second kappa shape index (κ2) is 24.1. The maximum Gasteiger partial charge on any atom is 0.105 e. The highest BCUT2D eigenvalue weighted by Gasteiger charge is 2.12. The average molecular weight is 521 g/mol. The highest BCUT2D eigenvalue weighted by atomic mass is 16.6. The van der Waals surface area contributed by atoms with E-state index in [1.807, 2.05) is 18.2 Å². The maximum atomic E-state index is 8.77. The Labute approximate surface area is 227 Å². The average Bonchev–Trinajstić information content (AvgIpc) is 2.94. The van der Waals surface area contributed by atoms with Crippen molar-refractivity contribution in [1.82, 2.24) is 0 Å². The van der Waals surface area contributed by atoms with Gasteiger partial charge in [-0.25, -0.2) is 0 Å². The molecular formula is C32H56O5. The third-order valence-electron chi connectivity index (χ3n) is 7.42. The minimum absolute atomic E-state index is 0.0387. The molecule has 1 saturated carbocycles. The van der Waals surface area contributed by atoms with Gasteiger partial charge in [-0.2, -0.15) is 0 Å². The summed E-state index contributed by atoms with van der Waals surface area (Å²) < 4.78 is 23.0. The predicted octanol–water partition coefficient (Wildman–Crippen LogP) is 7.49. The molecule has 5 heteroatoms. The topological polar surface area (TPSA) is 57.2 Å². The van der Waals surface area contributed by atoms with E-state index in [9.17, 15) is 0 Å². The van der Waals surface area contributed by atoms with Crippen LogP contribution in [0.2, 0.25) is 0 Å². The van der Waals surface area contributed by atoms with Crippen LogP contribution in [0.25, 0.3) is 0 Å². The second-order valence-corrected chi connectivity index (χ2v) is 10.7. The smallest absolute Gasteiger partial charge is 0.105 e. The van der Waals surface area contributed by atoms with E-state index in [1.54, 1.807) is 0 Å². The molecule has 1 fully saturated rings. The van der Waals surface area contributed by atoms with Crippen molar-refractivity contribution in [3.05, 3.63) is 35.9 Å². The zero-order valence-electron chi connectivity index (χ0n) is 23.6. The van der Waals surface area contributed by atoms with Gasteiger partial charge in [-0.1, -0.05) is 127 Å². The molecule has 0 aromatic heterocycles. The van der Waals surface area contributed by atoms with E-state index < -0.39 is 0 Å². The molecule has 0 amide bonds. The van der Waals surface area contributed by atoms with Crippen LogP contribution < -0.4 is 0 Å². The molecular weight excluding hydrogens is 464 g/mol. The van der Waals surface area contributed by atoms with Crippen molar-refractivity contribution in [2.45, 2.75) is 115 Å². The van der Waals surface area contributed by atoms with Crippen LogP contribution in [-0.4, -0.2) is 57.5 Å². The van der Waals surface area contributed by atoms with Crippen molar-refractivity contribution in [2.75, 3.05) is 46.2 Å². The Morgan fingerprint density at radius 3 is 1.92 bits per heavy atom. The van der Waals surface area contributed by atoms with Gasteiger partial charge in [0.1, 0.15) is 6.10 Å². The predicted molar refractivity (Wildman–Crippen MR) is 152 cm³/mol. The number of aliphatic hydroxyl groups is 1. The monoisotopic (exact) mass is 520 g/mol. The molecule has 0 heterocycles. The SMILES string of the molecule is OCCOCCOCC(COCCCCCCCCCCCCC1CCCCC1)OCc1ccccc1. The lowest BCUT2D eigenvalue weighted by Crippen LogP contribution is -2.27. The standard InChI is InChI=1S/C32H56O5/c33-22-24-34-25-26-36-29-32(37-27-31-20-14-10-15-21-31)28-35-23-16-8-6-4-2-1-3-5-7-11-17-30-18-12-9-13-19-30/h10,14-15,20-21,30,32-33H,1-9,11-13,16-19,22-29H2. The first-order valence-corrected chi connectivity index (χ1v) is 15.4. The van der Waals surface area contributed by atoms with Gasteiger partial charge in [-0.05, 0) is 17.9 Å². The van der Waals surface area contributed by atoms with E-state index in [0.29, 0.717) is 39.6 Å². The van der Waals surface area contributed by atoms with Crippen LogP contribution in [-0.2, 0) is 25.6 Å². The molecule has 1 aliphatic rings. The van der Waals surface area contributed by atoms with Gasteiger partial charge in [-0.3, -0.25) is 0 Å². The highest BCUT2D eigenvalue weighted by molar-refractivity contribution is 5.13. The fraction of sp³-hybridized carbons (Fsp3) is 0.812. The van der Waals surface area contributed by atoms with Crippen LogP contribution in [0.4, 0.5) is 0 Å². The Kier molecular flexibility index (Phi) is 21.0. The fourth-order valence-corrected chi connectivity index (χ4v) is 5.17. The van der Waals surface area contributed by atoms with Gasteiger partial charge >= 0.3 is 0 Å². The van der Waals surface area contributed by atoms with Crippen molar-refractivity contribution in [3.63, 3.8) is 0 Å². The number of hydrogen-bond donors (Lipinski definition) is 1. The summed E-state index contributed by atoms with van der Waals surface area (Å²) in [5, 5.41) is 8.77. The molecule has 214 valence electrons. The molecule has 0 aliphatic heterocycles. The number of rotatable bonds is 25. The summed E-state index contributed by atoms with van der Waals surface area (Å²) in [5.74, 6) is 1.06.